The average molecular weight is 374 g/mol. The van der Waals surface area contributed by atoms with Gasteiger partial charge in [-0.25, -0.2) is 0 Å². The second-order valence-corrected chi connectivity index (χ2v) is 7.63. The molecular weight excluding hydrogens is 344 g/mol. The molecule has 0 unspecified atom stereocenters. The fourth-order valence-electron chi connectivity index (χ4n) is 3.99. The molecule has 2 fully saturated rings. The zero-order valence-corrected chi connectivity index (χ0v) is 16.3. The van der Waals surface area contributed by atoms with Gasteiger partial charge < -0.3 is 19.7 Å². The van der Waals surface area contributed by atoms with Gasteiger partial charge in [0.2, 0.25) is 11.8 Å². The van der Waals surface area contributed by atoms with Crippen LogP contribution in [0.3, 0.4) is 0 Å². The van der Waals surface area contributed by atoms with Crippen LogP contribution in [0.2, 0.25) is 0 Å². The molecule has 1 saturated carbocycles. The molecule has 148 valence electrons. The summed E-state index contributed by atoms with van der Waals surface area (Å²) in [5.74, 6) is 0.920. The lowest BCUT2D eigenvalue weighted by Crippen LogP contribution is -2.49. The van der Waals surface area contributed by atoms with Gasteiger partial charge in [0.15, 0.2) is 0 Å². The topological polar surface area (TPSA) is 67.9 Å². The molecule has 1 aliphatic carbocycles. The Bertz CT molecular complexity index is 658. The summed E-state index contributed by atoms with van der Waals surface area (Å²) in [4.78, 5) is 26.8. The number of carbonyl (C=O) groups is 2. The lowest BCUT2D eigenvalue weighted by Gasteiger charge is -2.40. The minimum atomic E-state index is -0.241. The Morgan fingerprint density at radius 2 is 1.89 bits per heavy atom. The van der Waals surface area contributed by atoms with Gasteiger partial charge in [-0.3, -0.25) is 9.59 Å². The molecule has 1 aliphatic heterocycles. The van der Waals surface area contributed by atoms with Crippen molar-refractivity contribution in [1.82, 2.24) is 10.2 Å². The van der Waals surface area contributed by atoms with Gasteiger partial charge in [-0.05, 0) is 38.2 Å². The Balaban J connectivity index is 1.44. The van der Waals surface area contributed by atoms with E-state index in [-0.39, 0.29) is 23.5 Å². The van der Waals surface area contributed by atoms with Gasteiger partial charge in [0.05, 0.1) is 25.6 Å². The van der Waals surface area contributed by atoms with Crippen molar-refractivity contribution >= 4 is 11.8 Å². The highest BCUT2D eigenvalue weighted by molar-refractivity contribution is 5.80. The second-order valence-electron chi connectivity index (χ2n) is 7.63. The lowest BCUT2D eigenvalue weighted by molar-refractivity contribution is -0.135. The highest BCUT2D eigenvalue weighted by atomic mass is 16.5. The summed E-state index contributed by atoms with van der Waals surface area (Å²) < 4.78 is 10.9. The van der Waals surface area contributed by atoms with Gasteiger partial charge in [-0.2, -0.15) is 0 Å². The van der Waals surface area contributed by atoms with Crippen molar-refractivity contribution in [1.29, 1.82) is 0 Å². The Hall–Kier alpha value is -2.08. The quantitative estimate of drug-likeness (QED) is 0.795. The van der Waals surface area contributed by atoms with Crippen LogP contribution in [0.5, 0.6) is 5.75 Å². The van der Waals surface area contributed by atoms with E-state index in [1.54, 1.807) is 14.2 Å². The van der Waals surface area contributed by atoms with Crippen LogP contribution in [-0.2, 0) is 20.7 Å². The number of nitrogens with zero attached hydrogens (tertiary/aromatic N) is 1. The SMILES string of the molecule is COc1ccccc1CC(=O)N1CCC(NC(=O)CC2(OC)CCC2)CC1. The van der Waals surface area contributed by atoms with Crippen molar-refractivity contribution in [2.45, 2.75) is 56.6 Å². The number of methoxy groups -OCH3 is 2. The average Bonchev–Trinajstić information content (AvgIpc) is 2.65. The Labute approximate surface area is 161 Å². The summed E-state index contributed by atoms with van der Waals surface area (Å²) in [6, 6.07) is 7.76. The fourth-order valence-corrected chi connectivity index (χ4v) is 3.99. The summed E-state index contributed by atoms with van der Waals surface area (Å²) in [5.41, 5.74) is 0.668. The van der Waals surface area contributed by atoms with Gasteiger partial charge >= 0.3 is 0 Å². The van der Waals surface area contributed by atoms with Gasteiger partial charge in [0.1, 0.15) is 5.75 Å². The van der Waals surface area contributed by atoms with Crippen molar-refractivity contribution in [2.24, 2.45) is 0 Å². The first-order valence-corrected chi connectivity index (χ1v) is 9.79. The van der Waals surface area contributed by atoms with Crippen molar-refractivity contribution in [3.63, 3.8) is 0 Å². The molecule has 1 heterocycles. The lowest BCUT2D eigenvalue weighted by atomic mass is 9.77. The predicted molar refractivity (Wildman–Crippen MR) is 103 cm³/mol. The maximum Gasteiger partial charge on any atom is 0.227 e. The third-order valence-corrected chi connectivity index (χ3v) is 5.93. The van der Waals surface area contributed by atoms with Crippen LogP contribution in [0.4, 0.5) is 0 Å². The number of carbonyl (C=O) groups excluding carboxylic acids is 2. The molecule has 1 N–H and O–H groups in total. The third-order valence-electron chi connectivity index (χ3n) is 5.93. The molecule has 0 bridgehead atoms. The fraction of sp³-hybridized carbons (Fsp3) is 0.619. The highest BCUT2D eigenvalue weighted by Gasteiger charge is 2.39. The van der Waals surface area contributed by atoms with Crippen LogP contribution in [0, 0.1) is 0 Å². The standard InChI is InChI=1S/C21H30N2O4/c1-26-18-7-4-3-6-16(18)14-20(25)23-12-8-17(9-13-23)22-19(24)15-21(27-2)10-5-11-21/h3-4,6-7,17H,5,8-15H2,1-2H3,(H,22,24). The van der Waals surface area contributed by atoms with E-state index in [0.717, 1.165) is 43.4 Å². The number of hydrogen-bond acceptors (Lipinski definition) is 4. The van der Waals surface area contributed by atoms with Gasteiger partial charge in [-0.15, -0.1) is 0 Å². The number of rotatable bonds is 7. The molecule has 0 atom stereocenters. The van der Waals surface area contributed by atoms with Crippen molar-refractivity contribution in [2.75, 3.05) is 27.3 Å². The maximum absolute atomic E-state index is 12.6. The summed E-state index contributed by atoms with van der Waals surface area (Å²) >= 11 is 0. The monoisotopic (exact) mass is 374 g/mol. The van der Waals surface area contributed by atoms with Crippen LogP contribution < -0.4 is 10.1 Å². The van der Waals surface area contributed by atoms with E-state index in [0.29, 0.717) is 25.9 Å². The highest BCUT2D eigenvalue weighted by Crippen LogP contribution is 2.37. The minimum Gasteiger partial charge on any atom is -0.496 e. The van der Waals surface area contributed by atoms with E-state index < -0.39 is 0 Å². The molecule has 3 rings (SSSR count). The molecule has 6 heteroatoms. The smallest absolute Gasteiger partial charge is 0.227 e. The summed E-state index contributed by atoms with van der Waals surface area (Å²) in [5, 5.41) is 3.13. The van der Waals surface area contributed by atoms with Crippen LogP contribution in [0.15, 0.2) is 24.3 Å². The molecular formula is C21H30N2O4. The van der Waals surface area contributed by atoms with E-state index in [4.69, 9.17) is 9.47 Å². The molecule has 1 saturated heterocycles. The number of benzene rings is 1. The maximum atomic E-state index is 12.6. The normalized spacial score (nSPS) is 19.3. The van der Waals surface area contributed by atoms with Gasteiger partial charge in [0, 0.05) is 31.8 Å². The zero-order chi connectivity index (χ0) is 19.3. The molecule has 2 amide bonds. The third kappa shape index (κ3) is 4.80. The van der Waals surface area contributed by atoms with Crippen molar-refractivity contribution < 1.29 is 19.1 Å². The zero-order valence-electron chi connectivity index (χ0n) is 16.3. The molecule has 2 aliphatic rings. The van der Waals surface area contributed by atoms with Gasteiger partial charge in [-0.1, -0.05) is 18.2 Å². The Morgan fingerprint density at radius 1 is 1.19 bits per heavy atom. The predicted octanol–water partition coefficient (Wildman–Crippen LogP) is 2.30. The van der Waals surface area contributed by atoms with E-state index in [1.807, 2.05) is 29.2 Å². The van der Waals surface area contributed by atoms with E-state index in [9.17, 15) is 9.59 Å². The molecule has 27 heavy (non-hydrogen) atoms. The number of amides is 2. The number of hydrogen-bond donors (Lipinski definition) is 1. The molecule has 6 nitrogen and oxygen atoms in total. The number of piperidine rings is 1. The number of para-hydroxylation sites is 1. The first kappa shape index (κ1) is 19.7. The van der Waals surface area contributed by atoms with Crippen LogP contribution in [0.1, 0.15) is 44.1 Å². The summed E-state index contributed by atoms with van der Waals surface area (Å²) in [7, 11) is 3.31. The van der Waals surface area contributed by atoms with E-state index in [1.165, 1.54) is 0 Å². The number of nitrogens with one attached hydrogen (secondary N) is 1. The van der Waals surface area contributed by atoms with E-state index in [2.05, 4.69) is 5.32 Å². The Kier molecular flexibility index (Phi) is 6.37. The minimum absolute atomic E-state index is 0.0651. The Morgan fingerprint density at radius 3 is 2.48 bits per heavy atom. The molecule has 1 aromatic rings. The first-order chi connectivity index (χ1) is 13.0. The molecule has 0 spiro atoms. The number of ether oxygens (including phenoxy) is 2. The summed E-state index contributed by atoms with van der Waals surface area (Å²) in [6.07, 6.45) is 5.44. The van der Waals surface area contributed by atoms with Crippen LogP contribution >= 0.6 is 0 Å². The summed E-state index contributed by atoms with van der Waals surface area (Å²) in [6.45, 7) is 1.35. The molecule has 1 aromatic carbocycles. The van der Waals surface area contributed by atoms with E-state index >= 15 is 0 Å². The van der Waals surface area contributed by atoms with Crippen LogP contribution in [0.25, 0.3) is 0 Å². The molecule has 0 aromatic heterocycles. The number of likely N-dealkylation sites (tertiary alicyclic amines) is 1. The second kappa shape index (κ2) is 8.74. The van der Waals surface area contributed by atoms with Crippen molar-refractivity contribution in [3.8, 4) is 5.75 Å². The van der Waals surface area contributed by atoms with Crippen LogP contribution in [-0.4, -0.2) is 55.7 Å². The molecule has 0 radical (unpaired) electrons. The first-order valence-electron chi connectivity index (χ1n) is 9.79. The van der Waals surface area contributed by atoms with Gasteiger partial charge in [0.25, 0.3) is 0 Å². The van der Waals surface area contributed by atoms with Crippen molar-refractivity contribution in [3.05, 3.63) is 29.8 Å². The largest absolute Gasteiger partial charge is 0.496 e.